The Morgan fingerprint density at radius 2 is 2.50 bits per heavy atom. The second-order valence-electron chi connectivity index (χ2n) is 1.66. The number of carbonyl (C=O) groups is 1. The highest BCUT2D eigenvalue weighted by atomic mass is 31.1. The first kappa shape index (κ1) is 7.44. The number of hydrogen-bond donors (Lipinski definition) is 0. The van der Waals surface area contributed by atoms with Crippen molar-refractivity contribution in [1.82, 2.24) is 4.67 Å². The number of nitrogens with zero attached hydrogens (tertiary/aromatic N) is 1. The van der Waals surface area contributed by atoms with Crippen LogP contribution in [0.3, 0.4) is 0 Å². The van der Waals surface area contributed by atoms with Gasteiger partial charge in [-0.1, -0.05) is 4.67 Å². The van der Waals surface area contributed by atoms with E-state index in [4.69, 9.17) is 0 Å². The third-order valence-corrected chi connectivity index (χ3v) is 2.16. The Morgan fingerprint density at radius 1 is 1.80 bits per heavy atom. The van der Waals surface area contributed by atoms with Gasteiger partial charge in [-0.3, -0.25) is 0 Å². The largest absolute Gasteiger partial charge is 0.651 e. The normalized spacial score (nSPS) is 19.1. The van der Waals surface area contributed by atoms with Crippen LogP contribution in [0.4, 0.5) is 4.79 Å². The van der Waals surface area contributed by atoms with Gasteiger partial charge in [-0.15, -0.1) is 4.52 Å². The SMILES string of the molecule is CO[P+](=O)N1CCOC1=O. The third kappa shape index (κ3) is 1.25. The van der Waals surface area contributed by atoms with Gasteiger partial charge >= 0.3 is 14.3 Å². The van der Waals surface area contributed by atoms with E-state index in [2.05, 4.69) is 9.26 Å². The number of hydrogen-bond acceptors (Lipinski definition) is 4. The summed E-state index contributed by atoms with van der Waals surface area (Å²) >= 11 is 0. The minimum Gasteiger partial charge on any atom is -0.445 e. The van der Waals surface area contributed by atoms with E-state index in [1.54, 1.807) is 0 Å². The van der Waals surface area contributed by atoms with E-state index in [0.717, 1.165) is 4.67 Å². The van der Waals surface area contributed by atoms with E-state index in [1.807, 2.05) is 0 Å². The Labute approximate surface area is 58.8 Å². The van der Waals surface area contributed by atoms with E-state index in [0.29, 0.717) is 13.2 Å². The van der Waals surface area contributed by atoms with Gasteiger partial charge in [0.25, 0.3) is 0 Å². The lowest BCUT2D eigenvalue weighted by Gasteiger charge is -1.92. The van der Waals surface area contributed by atoms with Crippen molar-refractivity contribution in [2.45, 2.75) is 0 Å². The number of ether oxygens (including phenoxy) is 1. The fourth-order valence-electron chi connectivity index (χ4n) is 0.632. The smallest absolute Gasteiger partial charge is 0.445 e. The summed E-state index contributed by atoms with van der Waals surface area (Å²) in [5, 5.41) is 0. The fraction of sp³-hybridized carbons (Fsp3) is 0.750. The van der Waals surface area contributed by atoms with Crippen molar-refractivity contribution in [3.8, 4) is 0 Å². The van der Waals surface area contributed by atoms with E-state index < -0.39 is 14.3 Å². The number of amides is 1. The molecular weight excluding hydrogens is 157 g/mol. The molecule has 0 aromatic rings. The van der Waals surface area contributed by atoms with Crippen LogP contribution in [-0.2, 0) is 13.8 Å². The molecule has 0 aromatic heterocycles. The summed E-state index contributed by atoms with van der Waals surface area (Å²) in [7, 11) is -0.728. The zero-order chi connectivity index (χ0) is 7.56. The molecule has 0 radical (unpaired) electrons. The minimum atomic E-state index is -2.01. The molecule has 0 saturated carbocycles. The zero-order valence-electron chi connectivity index (χ0n) is 5.44. The standard InChI is InChI=1S/C4H7NO4P/c1-8-10(7)5-2-3-9-4(5)6/h2-3H2,1H3/q+1. The molecule has 1 saturated heterocycles. The van der Waals surface area contributed by atoms with Crippen molar-refractivity contribution < 1.29 is 18.6 Å². The summed E-state index contributed by atoms with van der Waals surface area (Å²) in [5.41, 5.74) is 0. The minimum absolute atomic E-state index is 0.295. The van der Waals surface area contributed by atoms with Crippen LogP contribution < -0.4 is 0 Å². The highest BCUT2D eigenvalue weighted by Gasteiger charge is 2.39. The summed E-state index contributed by atoms with van der Waals surface area (Å²) in [5.74, 6) is 0. The molecule has 0 aliphatic carbocycles. The monoisotopic (exact) mass is 164 g/mol. The van der Waals surface area contributed by atoms with Gasteiger partial charge < -0.3 is 4.74 Å². The molecule has 0 aromatic carbocycles. The maximum Gasteiger partial charge on any atom is 0.651 e. The molecule has 1 unspecified atom stereocenters. The average molecular weight is 164 g/mol. The zero-order valence-corrected chi connectivity index (χ0v) is 6.34. The van der Waals surface area contributed by atoms with Crippen molar-refractivity contribution in [2.24, 2.45) is 0 Å². The van der Waals surface area contributed by atoms with Crippen molar-refractivity contribution in [3.63, 3.8) is 0 Å². The van der Waals surface area contributed by atoms with Gasteiger partial charge in [-0.2, -0.15) is 0 Å². The van der Waals surface area contributed by atoms with Crippen LogP contribution in [0.2, 0.25) is 0 Å². The lowest BCUT2D eigenvalue weighted by molar-refractivity contribution is 0.168. The molecule has 56 valence electrons. The number of carbonyl (C=O) groups excluding carboxylic acids is 1. The summed E-state index contributed by atoms with van der Waals surface area (Å²) < 4.78 is 20.8. The quantitative estimate of drug-likeness (QED) is 0.565. The summed E-state index contributed by atoms with van der Waals surface area (Å²) in [6.07, 6.45) is -0.567. The molecule has 1 amide bonds. The number of cyclic esters (lactones) is 1. The highest BCUT2D eigenvalue weighted by Crippen LogP contribution is 2.29. The van der Waals surface area contributed by atoms with Gasteiger partial charge in [0.05, 0.1) is 7.11 Å². The Kier molecular flexibility index (Phi) is 2.19. The van der Waals surface area contributed by atoms with Gasteiger partial charge in [-0.25, -0.2) is 4.79 Å². The Hall–Kier alpha value is -0.670. The van der Waals surface area contributed by atoms with Crippen molar-refractivity contribution in [2.75, 3.05) is 20.3 Å². The van der Waals surface area contributed by atoms with Crippen LogP contribution in [0.25, 0.3) is 0 Å². The average Bonchev–Trinajstić information content (AvgIpc) is 2.34. The Balaban J connectivity index is 2.55. The van der Waals surface area contributed by atoms with Gasteiger partial charge in [0, 0.05) is 0 Å². The molecule has 1 aliphatic rings. The van der Waals surface area contributed by atoms with E-state index in [9.17, 15) is 9.36 Å². The molecule has 1 heterocycles. The first-order valence-electron chi connectivity index (χ1n) is 2.71. The van der Waals surface area contributed by atoms with Crippen LogP contribution >= 0.6 is 8.18 Å². The van der Waals surface area contributed by atoms with Crippen LogP contribution in [0.1, 0.15) is 0 Å². The molecule has 1 fully saturated rings. The molecule has 1 aliphatic heterocycles. The fourth-order valence-corrected chi connectivity index (χ4v) is 1.27. The van der Waals surface area contributed by atoms with Gasteiger partial charge in [0.2, 0.25) is 0 Å². The lowest BCUT2D eigenvalue weighted by Crippen LogP contribution is -2.15. The summed E-state index contributed by atoms with van der Waals surface area (Å²) in [6.45, 7) is 0.644. The third-order valence-electron chi connectivity index (χ3n) is 1.09. The molecule has 1 atom stereocenters. The van der Waals surface area contributed by atoms with Crippen LogP contribution in [0.5, 0.6) is 0 Å². The molecule has 0 bridgehead atoms. The maximum atomic E-state index is 10.8. The maximum absolute atomic E-state index is 10.8. The predicted molar refractivity (Wildman–Crippen MR) is 32.7 cm³/mol. The summed E-state index contributed by atoms with van der Waals surface area (Å²) in [4.78, 5) is 10.6. The first-order valence-corrected chi connectivity index (χ1v) is 3.84. The Morgan fingerprint density at radius 3 is 2.90 bits per heavy atom. The van der Waals surface area contributed by atoms with Crippen LogP contribution in [0, 0.1) is 0 Å². The predicted octanol–water partition coefficient (Wildman–Crippen LogP) is 0.742. The first-order chi connectivity index (χ1) is 4.75. The molecule has 0 N–H and O–H groups in total. The molecule has 10 heavy (non-hydrogen) atoms. The van der Waals surface area contributed by atoms with Crippen molar-refractivity contribution >= 4 is 14.3 Å². The topological polar surface area (TPSA) is 55.8 Å². The molecule has 1 rings (SSSR count). The molecular formula is C4H7NO4P+. The van der Waals surface area contributed by atoms with Gasteiger partial charge in [0.15, 0.2) is 0 Å². The second-order valence-corrected chi connectivity index (χ2v) is 2.98. The van der Waals surface area contributed by atoms with E-state index in [1.165, 1.54) is 7.11 Å². The lowest BCUT2D eigenvalue weighted by atomic mass is 10.7. The van der Waals surface area contributed by atoms with Crippen molar-refractivity contribution in [1.29, 1.82) is 0 Å². The van der Waals surface area contributed by atoms with Crippen LogP contribution in [0.15, 0.2) is 0 Å². The highest BCUT2D eigenvalue weighted by molar-refractivity contribution is 7.37. The second kappa shape index (κ2) is 2.94. The number of rotatable bonds is 2. The van der Waals surface area contributed by atoms with Crippen LogP contribution in [-0.4, -0.2) is 31.0 Å². The summed E-state index contributed by atoms with van der Waals surface area (Å²) in [6, 6.07) is 0. The Bertz CT molecular complexity index is 171. The van der Waals surface area contributed by atoms with E-state index in [-0.39, 0.29) is 0 Å². The molecule has 0 spiro atoms. The van der Waals surface area contributed by atoms with Gasteiger partial charge in [-0.05, 0) is 4.57 Å². The molecule has 6 heteroatoms. The molecule has 5 nitrogen and oxygen atoms in total. The van der Waals surface area contributed by atoms with Crippen molar-refractivity contribution in [3.05, 3.63) is 0 Å². The van der Waals surface area contributed by atoms with E-state index >= 15 is 0 Å². The van der Waals surface area contributed by atoms with Gasteiger partial charge in [0.1, 0.15) is 13.2 Å².